The molecule has 126 valence electrons. The number of benzene rings is 2. The number of nitro groups is 2. The molecule has 0 saturated heterocycles. The standard InChI is InChI=1S/C14H12N2O7P/c17-15(18)13-5-1-11(2-6-13)9-22-24(21)23-10-12-3-7-14(8-4-12)16(19)20/h1-8H,9-10H2/q-1. The molecule has 9 nitrogen and oxygen atoms in total. The molecule has 0 atom stereocenters. The van der Waals surface area contributed by atoms with Crippen molar-refractivity contribution in [1.82, 2.24) is 0 Å². The van der Waals surface area contributed by atoms with Gasteiger partial charge in [0.05, 0.1) is 31.7 Å². The summed E-state index contributed by atoms with van der Waals surface area (Å²) in [6, 6.07) is 11.3. The molecule has 10 heteroatoms. The van der Waals surface area contributed by atoms with E-state index in [9.17, 15) is 25.1 Å². The fraction of sp³-hybridized carbons (Fsp3) is 0.143. The zero-order valence-corrected chi connectivity index (χ0v) is 13.1. The van der Waals surface area contributed by atoms with Gasteiger partial charge in [0.15, 0.2) is 0 Å². The van der Waals surface area contributed by atoms with Crippen molar-refractivity contribution in [2.75, 3.05) is 0 Å². The number of nitro benzene ring substituents is 2. The molecule has 0 aromatic heterocycles. The molecule has 0 spiro atoms. The van der Waals surface area contributed by atoms with Gasteiger partial charge in [0.2, 0.25) is 0 Å². The molecular formula is C14H12N2O7P-. The van der Waals surface area contributed by atoms with Crippen LogP contribution in [0.4, 0.5) is 11.4 Å². The Morgan fingerprint density at radius 3 is 1.38 bits per heavy atom. The summed E-state index contributed by atoms with van der Waals surface area (Å²) in [5, 5.41) is 21.1. The van der Waals surface area contributed by atoms with Crippen molar-refractivity contribution < 1.29 is 23.8 Å². The number of hydrogen-bond acceptors (Lipinski definition) is 7. The predicted molar refractivity (Wildman–Crippen MR) is 82.7 cm³/mol. The number of hydrogen-bond donors (Lipinski definition) is 0. The third-order valence-corrected chi connectivity index (χ3v) is 3.65. The molecule has 2 aromatic carbocycles. The second-order valence-electron chi connectivity index (χ2n) is 4.62. The van der Waals surface area contributed by atoms with Crippen LogP contribution < -0.4 is 4.89 Å². The van der Waals surface area contributed by atoms with Crippen LogP contribution in [0, 0.1) is 20.2 Å². The third-order valence-electron chi connectivity index (χ3n) is 2.97. The van der Waals surface area contributed by atoms with Crippen molar-refractivity contribution in [3.05, 3.63) is 79.9 Å². The van der Waals surface area contributed by atoms with Crippen LogP contribution >= 0.6 is 8.60 Å². The smallest absolute Gasteiger partial charge is 0.269 e. The molecule has 2 rings (SSSR count). The molecule has 0 N–H and O–H groups in total. The summed E-state index contributed by atoms with van der Waals surface area (Å²) < 4.78 is 10.0. The summed E-state index contributed by atoms with van der Waals surface area (Å²) >= 11 is 0. The molecule has 0 saturated carbocycles. The highest BCUT2D eigenvalue weighted by molar-refractivity contribution is 7.38. The van der Waals surface area contributed by atoms with E-state index in [2.05, 4.69) is 0 Å². The van der Waals surface area contributed by atoms with Crippen LogP contribution in [0.1, 0.15) is 11.1 Å². The van der Waals surface area contributed by atoms with Gasteiger partial charge in [0.25, 0.3) is 11.4 Å². The van der Waals surface area contributed by atoms with Crippen molar-refractivity contribution in [3.8, 4) is 0 Å². The molecule has 0 radical (unpaired) electrons. The lowest BCUT2D eigenvalue weighted by molar-refractivity contribution is -0.385. The highest BCUT2D eigenvalue weighted by atomic mass is 31.2. The van der Waals surface area contributed by atoms with Crippen LogP contribution in [0.25, 0.3) is 0 Å². The van der Waals surface area contributed by atoms with Crippen LogP contribution in [0.15, 0.2) is 48.5 Å². The van der Waals surface area contributed by atoms with E-state index in [-0.39, 0.29) is 24.6 Å². The zero-order valence-electron chi connectivity index (χ0n) is 12.2. The molecule has 24 heavy (non-hydrogen) atoms. The maximum atomic E-state index is 11.6. The Morgan fingerprint density at radius 1 is 0.750 bits per heavy atom. The Bertz CT molecular complexity index is 645. The largest absolute Gasteiger partial charge is 0.786 e. The number of non-ortho nitro benzene ring substituents is 2. The average Bonchev–Trinajstić information content (AvgIpc) is 2.58. The fourth-order valence-corrected chi connectivity index (χ4v) is 2.30. The van der Waals surface area contributed by atoms with Gasteiger partial charge in [-0.05, 0) is 35.4 Å². The van der Waals surface area contributed by atoms with Gasteiger partial charge in [0, 0.05) is 24.3 Å². The summed E-state index contributed by atoms with van der Waals surface area (Å²) in [6.45, 7) is -0.0408. The van der Waals surface area contributed by atoms with Crippen molar-refractivity contribution in [3.63, 3.8) is 0 Å². The minimum absolute atomic E-state index is 0.0204. The van der Waals surface area contributed by atoms with E-state index in [0.717, 1.165) is 0 Å². The van der Waals surface area contributed by atoms with E-state index < -0.39 is 18.4 Å². The quantitative estimate of drug-likeness (QED) is 0.406. The van der Waals surface area contributed by atoms with E-state index in [1.165, 1.54) is 48.5 Å². The van der Waals surface area contributed by atoms with Crippen LogP contribution in [-0.2, 0) is 22.3 Å². The summed E-state index contributed by atoms with van der Waals surface area (Å²) in [6.07, 6.45) is 0. The Hall–Kier alpha value is -2.45. The normalized spacial score (nSPS) is 10.8. The Morgan fingerprint density at radius 2 is 1.08 bits per heavy atom. The van der Waals surface area contributed by atoms with Crippen LogP contribution in [0.2, 0.25) is 0 Å². The first-order chi connectivity index (χ1) is 11.5. The topological polar surface area (TPSA) is 128 Å². The highest BCUT2D eigenvalue weighted by Gasteiger charge is 2.06. The first-order valence-corrected chi connectivity index (χ1v) is 7.75. The SMILES string of the molecule is O=[N+]([O-])c1ccc(COP([O-])OCc2ccc([N+](=O)[O-])cc2)cc1. The van der Waals surface area contributed by atoms with Crippen molar-refractivity contribution >= 4 is 20.0 Å². The summed E-state index contributed by atoms with van der Waals surface area (Å²) in [4.78, 5) is 31.6. The zero-order chi connectivity index (χ0) is 17.5. The summed E-state index contributed by atoms with van der Waals surface area (Å²) in [5.41, 5.74) is 1.14. The Kier molecular flexibility index (Phi) is 6.28. The van der Waals surface area contributed by atoms with Crippen LogP contribution in [0.5, 0.6) is 0 Å². The van der Waals surface area contributed by atoms with Crippen LogP contribution in [-0.4, -0.2) is 9.85 Å². The van der Waals surface area contributed by atoms with E-state index in [1.807, 2.05) is 0 Å². The molecule has 2 aromatic rings. The molecule has 0 unspecified atom stereocenters. The minimum atomic E-state index is -2.39. The van der Waals surface area contributed by atoms with E-state index in [1.54, 1.807) is 0 Å². The molecule has 0 bridgehead atoms. The van der Waals surface area contributed by atoms with Gasteiger partial charge in [-0.15, -0.1) is 0 Å². The molecule has 0 aliphatic rings. The summed E-state index contributed by atoms with van der Waals surface area (Å²) in [5.74, 6) is 0. The maximum absolute atomic E-state index is 11.6. The molecule has 0 aliphatic heterocycles. The third kappa shape index (κ3) is 5.32. The Balaban J connectivity index is 1.77. The first kappa shape index (κ1) is 17.9. The van der Waals surface area contributed by atoms with Gasteiger partial charge in [0.1, 0.15) is 0 Å². The van der Waals surface area contributed by atoms with Crippen molar-refractivity contribution in [2.24, 2.45) is 0 Å². The number of rotatable bonds is 8. The van der Waals surface area contributed by atoms with Gasteiger partial charge in [-0.25, -0.2) is 0 Å². The monoisotopic (exact) mass is 351 g/mol. The molecule has 0 amide bonds. The lowest BCUT2D eigenvalue weighted by atomic mass is 10.2. The van der Waals surface area contributed by atoms with Gasteiger partial charge in [-0.1, -0.05) is 0 Å². The van der Waals surface area contributed by atoms with Crippen molar-refractivity contribution in [1.29, 1.82) is 0 Å². The van der Waals surface area contributed by atoms with Gasteiger partial charge >= 0.3 is 0 Å². The fourth-order valence-electron chi connectivity index (χ4n) is 1.72. The maximum Gasteiger partial charge on any atom is 0.269 e. The second kappa shape index (κ2) is 8.42. The lowest BCUT2D eigenvalue weighted by Gasteiger charge is -2.22. The first-order valence-electron chi connectivity index (χ1n) is 6.65. The predicted octanol–water partition coefficient (Wildman–Crippen LogP) is 2.82. The number of nitrogens with zero attached hydrogens (tertiary/aromatic N) is 2. The van der Waals surface area contributed by atoms with E-state index >= 15 is 0 Å². The van der Waals surface area contributed by atoms with Gasteiger partial charge < -0.3 is 13.9 Å². The highest BCUT2D eigenvalue weighted by Crippen LogP contribution is 2.31. The summed E-state index contributed by atoms with van der Waals surface area (Å²) in [7, 11) is -2.39. The lowest BCUT2D eigenvalue weighted by Crippen LogP contribution is -2.03. The molecular weight excluding hydrogens is 339 g/mol. The molecule has 0 fully saturated rings. The van der Waals surface area contributed by atoms with Gasteiger partial charge in [-0.2, -0.15) is 0 Å². The molecule has 0 heterocycles. The van der Waals surface area contributed by atoms with Crippen molar-refractivity contribution in [2.45, 2.75) is 13.2 Å². The minimum Gasteiger partial charge on any atom is -0.786 e. The second-order valence-corrected chi connectivity index (χ2v) is 5.58. The van der Waals surface area contributed by atoms with E-state index in [0.29, 0.717) is 11.1 Å². The van der Waals surface area contributed by atoms with E-state index in [4.69, 9.17) is 9.05 Å². The molecule has 0 aliphatic carbocycles. The Labute approximate surface area is 137 Å². The van der Waals surface area contributed by atoms with Gasteiger partial charge in [-0.3, -0.25) is 20.2 Å². The van der Waals surface area contributed by atoms with Crippen LogP contribution in [0.3, 0.4) is 0 Å². The average molecular weight is 351 g/mol.